The Morgan fingerprint density at radius 1 is 1.19 bits per heavy atom. The second-order valence-corrected chi connectivity index (χ2v) is 7.60. The summed E-state index contributed by atoms with van der Waals surface area (Å²) < 4.78 is 10.7. The Morgan fingerprint density at radius 3 is 2.85 bits per heavy atom. The van der Waals surface area contributed by atoms with Gasteiger partial charge in [0.1, 0.15) is 5.75 Å². The summed E-state index contributed by atoms with van der Waals surface area (Å²) in [6.07, 6.45) is 1.87. The third-order valence-corrected chi connectivity index (χ3v) is 5.45. The standard InChI is InChI=1S/C22H25NO4/c1-14-8-15(2)21(24)18(9-14)12-23-7-3-4-17(11-23)22(25)16-5-6-19-20(10-16)27-13-26-19/h5-6,8-10,17,24H,3-4,7,11-13H2,1-2H3/t17-/m1/s1. The Kier molecular flexibility index (Phi) is 4.79. The maximum Gasteiger partial charge on any atom is 0.231 e. The van der Waals surface area contributed by atoms with Gasteiger partial charge < -0.3 is 14.6 Å². The summed E-state index contributed by atoms with van der Waals surface area (Å²) in [4.78, 5) is 15.3. The molecule has 4 rings (SSSR count). The van der Waals surface area contributed by atoms with Crippen molar-refractivity contribution in [3.8, 4) is 17.2 Å². The van der Waals surface area contributed by atoms with Gasteiger partial charge in [-0.15, -0.1) is 0 Å². The predicted octanol–water partition coefficient (Wildman–Crippen LogP) is 3.83. The molecule has 0 spiro atoms. The Balaban J connectivity index is 1.47. The van der Waals surface area contributed by atoms with Crippen molar-refractivity contribution in [3.05, 3.63) is 52.6 Å². The minimum Gasteiger partial charge on any atom is -0.507 e. The monoisotopic (exact) mass is 367 g/mol. The Hall–Kier alpha value is -2.53. The number of aromatic hydroxyl groups is 1. The molecule has 0 radical (unpaired) electrons. The highest BCUT2D eigenvalue weighted by molar-refractivity contribution is 5.98. The van der Waals surface area contributed by atoms with Crippen molar-refractivity contribution in [2.75, 3.05) is 19.9 Å². The van der Waals surface area contributed by atoms with Crippen LogP contribution in [0.1, 0.15) is 39.9 Å². The molecule has 1 atom stereocenters. The van der Waals surface area contributed by atoms with Gasteiger partial charge in [0.15, 0.2) is 17.3 Å². The van der Waals surface area contributed by atoms with Crippen molar-refractivity contribution in [2.45, 2.75) is 33.2 Å². The highest BCUT2D eigenvalue weighted by Crippen LogP contribution is 2.34. The van der Waals surface area contributed by atoms with Gasteiger partial charge in [0.25, 0.3) is 0 Å². The average Bonchev–Trinajstić information content (AvgIpc) is 3.13. The fourth-order valence-electron chi connectivity index (χ4n) is 4.11. The first kappa shape index (κ1) is 17.9. The van der Waals surface area contributed by atoms with Crippen LogP contribution in [0.4, 0.5) is 0 Å². The molecular formula is C22H25NO4. The van der Waals surface area contributed by atoms with E-state index in [4.69, 9.17) is 9.47 Å². The summed E-state index contributed by atoms with van der Waals surface area (Å²) in [5.74, 6) is 1.83. The second-order valence-electron chi connectivity index (χ2n) is 7.60. The van der Waals surface area contributed by atoms with Gasteiger partial charge in [-0.3, -0.25) is 9.69 Å². The molecule has 2 aromatic carbocycles. The van der Waals surface area contributed by atoms with Crippen LogP contribution in [-0.2, 0) is 6.54 Å². The number of aryl methyl sites for hydroxylation is 2. The summed E-state index contributed by atoms with van der Waals surface area (Å²) in [5, 5.41) is 10.4. The number of phenolic OH excluding ortho intramolecular Hbond substituents is 1. The van der Waals surface area contributed by atoms with E-state index in [0.29, 0.717) is 35.9 Å². The first-order valence-corrected chi connectivity index (χ1v) is 9.46. The number of Topliss-reactive ketones (excluding diaryl/α,β-unsaturated/α-hetero) is 1. The van der Waals surface area contributed by atoms with E-state index in [1.165, 1.54) is 0 Å². The quantitative estimate of drug-likeness (QED) is 0.832. The Morgan fingerprint density at radius 2 is 2.00 bits per heavy atom. The van der Waals surface area contributed by atoms with Crippen LogP contribution in [0.2, 0.25) is 0 Å². The summed E-state index contributed by atoms with van der Waals surface area (Å²) in [6.45, 7) is 6.49. The minimum absolute atomic E-state index is 0.0350. The number of hydrogen-bond donors (Lipinski definition) is 1. The van der Waals surface area contributed by atoms with Gasteiger partial charge in [-0.25, -0.2) is 0 Å². The molecule has 2 aliphatic rings. The lowest BCUT2D eigenvalue weighted by atomic mass is 9.89. The van der Waals surface area contributed by atoms with Crippen LogP contribution in [0.25, 0.3) is 0 Å². The van der Waals surface area contributed by atoms with Crippen molar-refractivity contribution < 1.29 is 19.4 Å². The minimum atomic E-state index is -0.0350. The average molecular weight is 367 g/mol. The van der Waals surface area contributed by atoms with Gasteiger partial charge in [0.2, 0.25) is 6.79 Å². The van der Waals surface area contributed by atoms with Crippen molar-refractivity contribution in [1.29, 1.82) is 0 Å². The topological polar surface area (TPSA) is 59.0 Å². The summed E-state index contributed by atoms with van der Waals surface area (Å²) in [7, 11) is 0. The number of likely N-dealkylation sites (tertiary alicyclic amines) is 1. The van der Waals surface area contributed by atoms with Crippen LogP contribution < -0.4 is 9.47 Å². The number of carbonyl (C=O) groups is 1. The highest BCUT2D eigenvalue weighted by Gasteiger charge is 2.28. The third kappa shape index (κ3) is 3.65. The first-order valence-electron chi connectivity index (χ1n) is 9.46. The molecule has 2 aliphatic heterocycles. The predicted molar refractivity (Wildman–Crippen MR) is 102 cm³/mol. The molecule has 0 aliphatic carbocycles. The molecule has 0 saturated carbocycles. The lowest BCUT2D eigenvalue weighted by Crippen LogP contribution is -2.38. The molecule has 1 N–H and O–H groups in total. The van der Waals surface area contributed by atoms with Gasteiger partial charge in [-0.1, -0.05) is 17.7 Å². The smallest absolute Gasteiger partial charge is 0.231 e. The molecule has 0 bridgehead atoms. The zero-order valence-electron chi connectivity index (χ0n) is 15.8. The van der Waals surface area contributed by atoms with Crippen molar-refractivity contribution >= 4 is 5.78 Å². The van der Waals surface area contributed by atoms with Crippen LogP contribution in [0.5, 0.6) is 17.2 Å². The Labute approximate surface area is 159 Å². The number of ether oxygens (including phenoxy) is 2. The van der Waals surface area contributed by atoms with Crippen LogP contribution in [-0.4, -0.2) is 35.7 Å². The maximum absolute atomic E-state index is 13.0. The summed E-state index contributed by atoms with van der Waals surface area (Å²) in [6, 6.07) is 9.44. The largest absolute Gasteiger partial charge is 0.507 e. The van der Waals surface area contributed by atoms with E-state index < -0.39 is 0 Å². The lowest BCUT2D eigenvalue weighted by Gasteiger charge is -2.32. The molecular weight excluding hydrogens is 342 g/mol. The molecule has 5 heteroatoms. The molecule has 0 aromatic heterocycles. The number of phenols is 1. The zero-order chi connectivity index (χ0) is 19.0. The first-order chi connectivity index (χ1) is 13.0. The summed E-state index contributed by atoms with van der Waals surface area (Å²) in [5.41, 5.74) is 3.66. The Bertz CT molecular complexity index is 877. The van der Waals surface area contributed by atoms with Crippen molar-refractivity contribution in [1.82, 2.24) is 4.90 Å². The molecule has 0 unspecified atom stereocenters. The fraction of sp³-hybridized carbons (Fsp3) is 0.409. The molecule has 0 amide bonds. The van der Waals surface area contributed by atoms with Crippen LogP contribution in [0, 0.1) is 19.8 Å². The number of fused-ring (bicyclic) bond motifs is 1. The lowest BCUT2D eigenvalue weighted by molar-refractivity contribution is 0.0810. The zero-order valence-corrected chi connectivity index (χ0v) is 15.8. The van der Waals surface area contributed by atoms with Gasteiger partial charge >= 0.3 is 0 Å². The van der Waals surface area contributed by atoms with E-state index >= 15 is 0 Å². The molecule has 2 heterocycles. The molecule has 2 aromatic rings. The molecule has 142 valence electrons. The number of nitrogens with zero attached hydrogens (tertiary/aromatic N) is 1. The number of ketones is 1. The van der Waals surface area contributed by atoms with Gasteiger partial charge in [0.05, 0.1) is 0 Å². The number of piperidine rings is 1. The van der Waals surface area contributed by atoms with E-state index in [9.17, 15) is 9.90 Å². The SMILES string of the molecule is Cc1cc(C)c(O)c(CN2CCC[C@@H](C(=O)c3ccc4c(c3)OCO4)C2)c1. The van der Waals surface area contributed by atoms with E-state index in [1.807, 2.05) is 38.1 Å². The van der Waals surface area contributed by atoms with Gasteiger partial charge in [-0.05, 0) is 57.0 Å². The van der Waals surface area contributed by atoms with Crippen LogP contribution >= 0.6 is 0 Å². The van der Waals surface area contributed by atoms with E-state index in [1.54, 1.807) is 6.07 Å². The number of rotatable bonds is 4. The van der Waals surface area contributed by atoms with E-state index in [0.717, 1.165) is 36.1 Å². The molecule has 1 fully saturated rings. The molecule has 1 saturated heterocycles. The number of carbonyl (C=O) groups excluding carboxylic acids is 1. The van der Waals surface area contributed by atoms with Crippen molar-refractivity contribution in [2.24, 2.45) is 5.92 Å². The third-order valence-electron chi connectivity index (χ3n) is 5.45. The molecule has 5 nitrogen and oxygen atoms in total. The number of benzene rings is 2. The maximum atomic E-state index is 13.0. The second kappa shape index (κ2) is 7.24. The van der Waals surface area contributed by atoms with Gasteiger partial charge in [0, 0.05) is 30.1 Å². The molecule has 27 heavy (non-hydrogen) atoms. The van der Waals surface area contributed by atoms with Crippen molar-refractivity contribution in [3.63, 3.8) is 0 Å². The highest BCUT2D eigenvalue weighted by atomic mass is 16.7. The van der Waals surface area contributed by atoms with E-state index in [-0.39, 0.29) is 18.5 Å². The van der Waals surface area contributed by atoms with Crippen LogP contribution in [0.15, 0.2) is 30.3 Å². The summed E-state index contributed by atoms with van der Waals surface area (Å²) >= 11 is 0. The normalized spacial score (nSPS) is 19.3. The number of hydrogen-bond acceptors (Lipinski definition) is 5. The fourth-order valence-corrected chi connectivity index (χ4v) is 4.11. The van der Waals surface area contributed by atoms with E-state index in [2.05, 4.69) is 4.90 Å². The van der Waals surface area contributed by atoms with Crippen LogP contribution in [0.3, 0.4) is 0 Å². The van der Waals surface area contributed by atoms with Gasteiger partial charge in [-0.2, -0.15) is 0 Å².